The molecular weight excluding hydrogens is 190 g/mol. The lowest BCUT2D eigenvalue weighted by Crippen LogP contribution is -2.14. The summed E-state index contributed by atoms with van der Waals surface area (Å²) in [7, 11) is 1.61. The van der Waals surface area contributed by atoms with Gasteiger partial charge in [-0.3, -0.25) is 4.99 Å². The van der Waals surface area contributed by atoms with E-state index in [4.69, 9.17) is 10.5 Å². The zero-order valence-corrected chi connectivity index (χ0v) is 8.81. The average Bonchev–Trinajstić information content (AvgIpc) is 3.10. The summed E-state index contributed by atoms with van der Waals surface area (Å²) >= 11 is 0. The van der Waals surface area contributed by atoms with Crippen LogP contribution in [-0.4, -0.2) is 17.9 Å². The summed E-state index contributed by atoms with van der Waals surface area (Å²) in [4.78, 5) is 8.37. The standard InChI is InChI=1S/C11H15N3O/c1-15-10-6-8(4-5-13-10)7-14-11(12)9-2-3-9/h4-6,9H,2-3,7H2,1H3,(H2,12,14). The number of pyridine rings is 1. The minimum Gasteiger partial charge on any atom is -0.481 e. The van der Waals surface area contributed by atoms with Gasteiger partial charge in [-0.05, 0) is 24.5 Å². The second-order valence-corrected chi connectivity index (χ2v) is 3.72. The predicted molar refractivity (Wildman–Crippen MR) is 58.8 cm³/mol. The number of aromatic nitrogens is 1. The van der Waals surface area contributed by atoms with Crippen molar-refractivity contribution in [3.05, 3.63) is 23.9 Å². The van der Waals surface area contributed by atoms with Crippen LogP contribution in [0.2, 0.25) is 0 Å². The maximum absolute atomic E-state index is 5.80. The maximum Gasteiger partial charge on any atom is 0.213 e. The van der Waals surface area contributed by atoms with Crippen LogP contribution in [0.15, 0.2) is 23.3 Å². The Morgan fingerprint density at radius 2 is 2.47 bits per heavy atom. The normalized spacial score (nSPS) is 16.5. The van der Waals surface area contributed by atoms with Gasteiger partial charge in [0.05, 0.1) is 19.5 Å². The average molecular weight is 205 g/mol. The van der Waals surface area contributed by atoms with Gasteiger partial charge in [-0.2, -0.15) is 0 Å². The quantitative estimate of drug-likeness (QED) is 0.596. The third-order valence-electron chi connectivity index (χ3n) is 2.45. The Labute approximate surface area is 89.2 Å². The van der Waals surface area contributed by atoms with Crippen molar-refractivity contribution in [3.63, 3.8) is 0 Å². The van der Waals surface area contributed by atoms with E-state index >= 15 is 0 Å². The van der Waals surface area contributed by atoms with E-state index in [1.165, 1.54) is 12.8 Å². The molecule has 0 amide bonds. The van der Waals surface area contributed by atoms with Crippen LogP contribution in [0.1, 0.15) is 18.4 Å². The van der Waals surface area contributed by atoms with Crippen LogP contribution in [0.25, 0.3) is 0 Å². The van der Waals surface area contributed by atoms with E-state index in [1.807, 2.05) is 12.1 Å². The summed E-state index contributed by atoms with van der Waals surface area (Å²) in [5, 5.41) is 0. The van der Waals surface area contributed by atoms with Crippen molar-refractivity contribution in [2.75, 3.05) is 7.11 Å². The number of hydrogen-bond donors (Lipinski definition) is 1. The molecule has 80 valence electrons. The summed E-state index contributed by atoms with van der Waals surface area (Å²) in [5.74, 6) is 1.94. The van der Waals surface area contributed by atoms with E-state index < -0.39 is 0 Å². The van der Waals surface area contributed by atoms with Crippen LogP contribution in [0, 0.1) is 5.92 Å². The van der Waals surface area contributed by atoms with Crippen LogP contribution in [-0.2, 0) is 6.54 Å². The van der Waals surface area contributed by atoms with Crippen LogP contribution >= 0.6 is 0 Å². The van der Waals surface area contributed by atoms with Gasteiger partial charge in [-0.15, -0.1) is 0 Å². The van der Waals surface area contributed by atoms with Crippen LogP contribution in [0.5, 0.6) is 5.88 Å². The van der Waals surface area contributed by atoms with Gasteiger partial charge in [-0.1, -0.05) is 0 Å². The van der Waals surface area contributed by atoms with Gasteiger partial charge < -0.3 is 10.5 Å². The van der Waals surface area contributed by atoms with Crippen molar-refractivity contribution < 1.29 is 4.74 Å². The van der Waals surface area contributed by atoms with E-state index in [-0.39, 0.29) is 0 Å². The molecule has 1 aliphatic carbocycles. The number of hydrogen-bond acceptors (Lipinski definition) is 3. The summed E-state index contributed by atoms with van der Waals surface area (Å²) < 4.78 is 5.03. The minimum atomic E-state index is 0.536. The number of amidine groups is 1. The van der Waals surface area contributed by atoms with Gasteiger partial charge in [-0.25, -0.2) is 4.98 Å². The summed E-state index contributed by atoms with van der Waals surface area (Å²) in [6.45, 7) is 0.612. The van der Waals surface area contributed by atoms with E-state index in [2.05, 4.69) is 9.98 Å². The molecule has 0 bridgehead atoms. The molecular formula is C11H15N3O. The molecule has 0 unspecified atom stereocenters. The molecule has 4 nitrogen and oxygen atoms in total. The third kappa shape index (κ3) is 2.68. The van der Waals surface area contributed by atoms with Crippen LogP contribution < -0.4 is 10.5 Å². The number of rotatable bonds is 4. The Morgan fingerprint density at radius 3 is 3.13 bits per heavy atom. The fourth-order valence-electron chi connectivity index (χ4n) is 1.35. The van der Waals surface area contributed by atoms with Gasteiger partial charge in [0.25, 0.3) is 0 Å². The van der Waals surface area contributed by atoms with E-state index in [0.717, 1.165) is 11.4 Å². The number of nitrogens with zero attached hydrogens (tertiary/aromatic N) is 2. The highest BCUT2D eigenvalue weighted by atomic mass is 16.5. The van der Waals surface area contributed by atoms with Crippen molar-refractivity contribution in [3.8, 4) is 5.88 Å². The second-order valence-electron chi connectivity index (χ2n) is 3.72. The molecule has 4 heteroatoms. The lowest BCUT2D eigenvalue weighted by atomic mass is 10.2. The molecule has 15 heavy (non-hydrogen) atoms. The minimum absolute atomic E-state index is 0.536. The number of nitrogens with two attached hydrogens (primary N) is 1. The van der Waals surface area contributed by atoms with Crippen molar-refractivity contribution in [2.24, 2.45) is 16.6 Å². The van der Waals surface area contributed by atoms with Crippen LogP contribution in [0.4, 0.5) is 0 Å². The molecule has 1 fully saturated rings. The highest BCUT2D eigenvalue weighted by molar-refractivity contribution is 5.84. The zero-order chi connectivity index (χ0) is 10.7. The lowest BCUT2D eigenvalue weighted by molar-refractivity contribution is 0.397. The second kappa shape index (κ2) is 4.29. The highest BCUT2D eigenvalue weighted by Gasteiger charge is 2.25. The first kappa shape index (κ1) is 9.96. The van der Waals surface area contributed by atoms with Crippen molar-refractivity contribution >= 4 is 5.84 Å². The molecule has 1 heterocycles. The Hall–Kier alpha value is -1.58. The van der Waals surface area contributed by atoms with E-state index in [0.29, 0.717) is 18.3 Å². The summed E-state index contributed by atoms with van der Waals surface area (Å²) in [5.41, 5.74) is 6.87. The summed E-state index contributed by atoms with van der Waals surface area (Å²) in [6, 6.07) is 3.80. The Bertz CT molecular complexity index is 372. The van der Waals surface area contributed by atoms with Crippen molar-refractivity contribution in [1.29, 1.82) is 0 Å². The lowest BCUT2D eigenvalue weighted by Gasteiger charge is -2.01. The molecule has 0 atom stereocenters. The van der Waals surface area contributed by atoms with Gasteiger partial charge in [0.1, 0.15) is 0 Å². The number of aliphatic imine (C=N–C) groups is 1. The summed E-state index contributed by atoms with van der Waals surface area (Å²) in [6.07, 6.45) is 4.10. The molecule has 2 N–H and O–H groups in total. The Morgan fingerprint density at radius 1 is 1.67 bits per heavy atom. The molecule has 0 saturated heterocycles. The molecule has 0 aliphatic heterocycles. The largest absolute Gasteiger partial charge is 0.481 e. The van der Waals surface area contributed by atoms with Gasteiger partial charge in [0.2, 0.25) is 5.88 Å². The third-order valence-corrected chi connectivity index (χ3v) is 2.45. The Balaban J connectivity index is 2.00. The first-order valence-electron chi connectivity index (χ1n) is 5.08. The molecule has 1 aliphatic rings. The first-order chi connectivity index (χ1) is 7.29. The molecule has 0 spiro atoms. The molecule has 1 aromatic heterocycles. The highest BCUT2D eigenvalue weighted by Crippen LogP contribution is 2.28. The number of ether oxygens (including phenoxy) is 1. The monoisotopic (exact) mass is 205 g/mol. The van der Waals surface area contributed by atoms with Gasteiger partial charge in [0, 0.05) is 18.2 Å². The molecule has 1 saturated carbocycles. The van der Waals surface area contributed by atoms with Gasteiger partial charge >= 0.3 is 0 Å². The molecule has 0 radical (unpaired) electrons. The molecule has 0 aromatic carbocycles. The Kier molecular flexibility index (Phi) is 2.85. The molecule has 2 rings (SSSR count). The zero-order valence-electron chi connectivity index (χ0n) is 8.81. The van der Waals surface area contributed by atoms with Crippen LogP contribution in [0.3, 0.4) is 0 Å². The fourth-order valence-corrected chi connectivity index (χ4v) is 1.35. The smallest absolute Gasteiger partial charge is 0.213 e. The van der Waals surface area contributed by atoms with Gasteiger partial charge in [0.15, 0.2) is 0 Å². The van der Waals surface area contributed by atoms with E-state index in [9.17, 15) is 0 Å². The first-order valence-corrected chi connectivity index (χ1v) is 5.08. The fraction of sp³-hybridized carbons (Fsp3) is 0.455. The number of methoxy groups -OCH3 is 1. The SMILES string of the molecule is COc1cc(CN=C(N)C2CC2)ccn1. The van der Waals surface area contributed by atoms with Crippen molar-refractivity contribution in [2.45, 2.75) is 19.4 Å². The van der Waals surface area contributed by atoms with Crippen molar-refractivity contribution in [1.82, 2.24) is 4.98 Å². The topological polar surface area (TPSA) is 60.5 Å². The predicted octanol–water partition coefficient (Wildman–Crippen LogP) is 1.36. The molecule has 1 aromatic rings. The van der Waals surface area contributed by atoms with E-state index in [1.54, 1.807) is 13.3 Å². The maximum atomic E-state index is 5.80.